The third kappa shape index (κ3) is 3.10. The van der Waals surface area contributed by atoms with E-state index in [4.69, 9.17) is 0 Å². The number of aromatic nitrogens is 5. The molecule has 8 heteroatoms. The molecular formula is C13H17N7S. The first-order valence-electron chi connectivity index (χ1n) is 6.86. The van der Waals surface area contributed by atoms with Crippen molar-refractivity contribution in [1.82, 2.24) is 25.1 Å². The van der Waals surface area contributed by atoms with Crippen LogP contribution in [-0.4, -0.2) is 31.7 Å². The molecule has 0 radical (unpaired) electrons. The van der Waals surface area contributed by atoms with Crippen LogP contribution in [0.5, 0.6) is 0 Å². The third-order valence-electron chi connectivity index (χ3n) is 2.92. The Labute approximate surface area is 126 Å². The summed E-state index contributed by atoms with van der Waals surface area (Å²) in [5.41, 5.74) is 0.724. The van der Waals surface area contributed by atoms with E-state index in [-0.39, 0.29) is 0 Å². The fourth-order valence-electron chi connectivity index (χ4n) is 1.93. The number of fused-ring (bicyclic) bond motifs is 1. The van der Waals surface area contributed by atoms with Crippen LogP contribution in [0.3, 0.4) is 0 Å². The molecule has 0 amide bonds. The Morgan fingerprint density at radius 1 is 1.24 bits per heavy atom. The lowest BCUT2D eigenvalue weighted by atomic mass is 10.4. The Balaban J connectivity index is 1.83. The van der Waals surface area contributed by atoms with Crippen molar-refractivity contribution < 1.29 is 0 Å². The van der Waals surface area contributed by atoms with Crippen molar-refractivity contribution in [3.05, 3.63) is 22.3 Å². The Morgan fingerprint density at radius 2 is 2.14 bits per heavy atom. The van der Waals surface area contributed by atoms with Gasteiger partial charge in [0.2, 0.25) is 5.95 Å². The maximum atomic E-state index is 4.52. The summed E-state index contributed by atoms with van der Waals surface area (Å²) in [6.45, 7) is 5.63. The topological polar surface area (TPSA) is 91.4 Å². The van der Waals surface area contributed by atoms with Gasteiger partial charge >= 0.3 is 0 Å². The lowest BCUT2D eigenvalue weighted by Crippen LogP contribution is -2.08. The van der Waals surface area contributed by atoms with Crippen LogP contribution in [0.2, 0.25) is 0 Å². The highest BCUT2D eigenvalue weighted by Crippen LogP contribution is 2.21. The van der Waals surface area contributed by atoms with Crippen LogP contribution in [0, 0.1) is 6.92 Å². The molecule has 0 aromatic carbocycles. The summed E-state index contributed by atoms with van der Waals surface area (Å²) in [5, 5.41) is 15.3. The number of hydrogen-bond acceptors (Lipinski definition) is 7. The lowest BCUT2D eigenvalue weighted by Gasteiger charge is -2.08. The van der Waals surface area contributed by atoms with Crippen molar-refractivity contribution in [3.8, 4) is 0 Å². The number of anilines is 2. The highest BCUT2D eigenvalue weighted by Gasteiger charge is 2.09. The SMILES string of the molecule is CCCNc1nc(NCc2ncc(C)s2)c2cn[nH]c2n1. The van der Waals surface area contributed by atoms with Crippen LogP contribution in [0.4, 0.5) is 11.8 Å². The largest absolute Gasteiger partial charge is 0.363 e. The maximum Gasteiger partial charge on any atom is 0.226 e. The fourth-order valence-corrected chi connectivity index (χ4v) is 2.65. The number of nitrogens with one attached hydrogen (secondary N) is 3. The number of nitrogens with zero attached hydrogens (tertiary/aromatic N) is 4. The van der Waals surface area contributed by atoms with Gasteiger partial charge in [0.15, 0.2) is 5.65 Å². The van der Waals surface area contributed by atoms with Gasteiger partial charge in [-0.2, -0.15) is 15.1 Å². The zero-order chi connectivity index (χ0) is 14.7. The molecule has 7 nitrogen and oxygen atoms in total. The molecule has 110 valence electrons. The van der Waals surface area contributed by atoms with E-state index in [1.165, 1.54) is 4.88 Å². The van der Waals surface area contributed by atoms with E-state index < -0.39 is 0 Å². The second kappa shape index (κ2) is 6.04. The van der Waals surface area contributed by atoms with Gasteiger partial charge in [-0.25, -0.2) is 4.98 Å². The van der Waals surface area contributed by atoms with Gasteiger partial charge in [-0.1, -0.05) is 6.92 Å². The molecule has 0 fully saturated rings. The van der Waals surface area contributed by atoms with Gasteiger partial charge in [-0.15, -0.1) is 11.3 Å². The number of hydrogen-bond donors (Lipinski definition) is 3. The van der Waals surface area contributed by atoms with Gasteiger partial charge < -0.3 is 10.6 Å². The summed E-state index contributed by atoms with van der Waals surface area (Å²) >= 11 is 1.68. The summed E-state index contributed by atoms with van der Waals surface area (Å²) in [6, 6.07) is 0. The highest BCUT2D eigenvalue weighted by molar-refractivity contribution is 7.11. The van der Waals surface area contributed by atoms with Crippen molar-refractivity contribution in [2.24, 2.45) is 0 Å². The number of thiazole rings is 1. The molecule has 0 spiro atoms. The summed E-state index contributed by atoms with van der Waals surface area (Å²) in [5.74, 6) is 1.37. The van der Waals surface area contributed by atoms with Crippen molar-refractivity contribution in [2.75, 3.05) is 17.2 Å². The number of H-pyrrole nitrogens is 1. The highest BCUT2D eigenvalue weighted by atomic mass is 32.1. The molecule has 0 saturated carbocycles. The minimum Gasteiger partial charge on any atom is -0.363 e. The Kier molecular flexibility index (Phi) is 3.96. The monoisotopic (exact) mass is 303 g/mol. The van der Waals surface area contributed by atoms with E-state index in [1.54, 1.807) is 17.5 Å². The molecule has 3 aromatic rings. The second-order valence-electron chi connectivity index (χ2n) is 4.67. The van der Waals surface area contributed by atoms with Gasteiger partial charge in [-0.05, 0) is 13.3 Å². The zero-order valence-corrected chi connectivity index (χ0v) is 12.8. The first kappa shape index (κ1) is 13.7. The average molecular weight is 303 g/mol. The molecule has 0 bridgehead atoms. The van der Waals surface area contributed by atoms with Gasteiger partial charge in [-0.3, -0.25) is 5.10 Å². The van der Waals surface area contributed by atoms with Crippen molar-refractivity contribution >= 4 is 34.1 Å². The molecule has 3 aromatic heterocycles. The predicted molar refractivity (Wildman–Crippen MR) is 84.6 cm³/mol. The fraction of sp³-hybridized carbons (Fsp3) is 0.385. The summed E-state index contributed by atoms with van der Waals surface area (Å²) < 4.78 is 0. The predicted octanol–water partition coefficient (Wildman–Crippen LogP) is 2.55. The molecule has 3 N–H and O–H groups in total. The van der Waals surface area contributed by atoms with Crippen LogP contribution >= 0.6 is 11.3 Å². The van der Waals surface area contributed by atoms with E-state index in [2.05, 4.69) is 42.7 Å². The first-order chi connectivity index (χ1) is 10.3. The van der Waals surface area contributed by atoms with Crippen LogP contribution in [0.1, 0.15) is 23.2 Å². The van der Waals surface area contributed by atoms with Crippen molar-refractivity contribution in [3.63, 3.8) is 0 Å². The zero-order valence-electron chi connectivity index (χ0n) is 12.0. The second-order valence-corrected chi connectivity index (χ2v) is 5.99. The van der Waals surface area contributed by atoms with Crippen LogP contribution in [-0.2, 0) is 6.54 Å². The van der Waals surface area contributed by atoms with Gasteiger partial charge in [0.1, 0.15) is 10.8 Å². The molecule has 0 unspecified atom stereocenters. The van der Waals surface area contributed by atoms with Gasteiger partial charge in [0, 0.05) is 17.6 Å². The maximum absolute atomic E-state index is 4.52. The normalized spacial score (nSPS) is 11.0. The first-order valence-corrected chi connectivity index (χ1v) is 7.68. The minimum atomic E-state index is 0.603. The summed E-state index contributed by atoms with van der Waals surface area (Å²) in [4.78, 5) is 14.5. The van der Waals surface area contributed by atoms with Gasteiger partial charge in [0.05, 0.1) is 18.1 Å². The van der Waals surface area contributed by atoms with Crippen LogP contribution < -0.4 is 10.6 Å². The summed E-state index contributed by atoms with van der Waals surface area (Å²) in [7, 11) is 0. The van der Waals surface area contributed by atoms with E-state index in [0.29, 0.717) is 12.5 Å². The van der Waals surface area contributed by atoms with E-state index >= 15 is 0 Å². The van der Waals surface area contributed by atoms with E-state index in [1.807, 2.05) is 13.1 Å². The molecule has 0 aliphatic carbocycles. The average Bonchev–Trinajstić information content (AvgIpc) is 3.11. The van der Waals surface area contributed by atoms with Crippen LogP contribution in [0.25, 0.3) is 11.0 Å². The minimum absolute atomic E-state index is 0.603. The lowest BCUT2D eigenvalue weighted by molar-refractivity contribution is 0.953. The van der Waals surface area contributed by atoms with Crippen LogP contribution in [0.15, 0.2) is 12.4 Å². The third-order valence-corrected chi connectivity index (χ3v) is 3.83. The Morgan fingerprint density at radius 3 is 2.90 bits per heavy atom. The molecule has 0 aliphatic heterocycles. The molecule has 21 heavy (non-hydrogen) atoms. The molecule has 3 rings (SSSR count). The quantitative estimate of drug-likeness (QED) is 0.648. The Hall–Kier alpha value is -2.22. The smallest absolute Gasteiger partial charge is 0.226 e. The van der Waals surface area contributed by atoms with Crippen molar-refractivity contribution in [1.29, 1.82) is 0 Å². The molecule has 0 saturated heterocycles. The number of aromatic amines is 1. The Bertz CT molecular complexity index is 733. The molecule has 3 heterocycles. The van der Waals surface area contributed by atoms with Crippen molar-refractivity contribution in [2.45, 2.75) is 26.8 Å². The van der Waals surface area contributed by atoms with Gasteiger partial charge in [0.25, 0.3) is 0 Å². The standard InChI is InChI=1S/C13H17N7S/c1-3-4-14-13-18-11(9-6-17-20-12(9)19-13)16-7-10-15-5-8(2)21-10/h5-6H,3-4,7H2,1-2H3,(H3,14,16,17,18,19,20). The number of rotatable bonds is 6. The molecule has 0 atom stereocenters. The van der Waals surface area contributed by atoms with E-state index in [0.717, 1.165) is 34.8 Å². The van der Waals surface area contributed by atoms with E-state index in [9.17, 15) is 0 Å². The number of aryl methyl sites for hydroxylation is 1. The molecular weight excluding hydrogens is 286 g/mol. The molecule has 0 aliphatic rings. The summed E-state index contributed by atoms with van der Waals surface area (Å²) in [6.07, 6.45) is 4.63.